The van der Waals surface area contributed by atoms with Crippen molar-refractivity contribution in [1.29, 1.82) is 5.26 Å². The van der Waals surface area contributed by atoms with Gasteiger partial charge >= 0.3 is 0 Å². The van der Waals surface area contributed by atoms with Gasteiger partial charge in [0, 0.05) is 22.4 Å². The van der Waals surface area contributed by atoms with E-state index >= 15 is 0 Å². The van der Waals surface area contributed by atoms with Crippen LogP contribution in [0.2, 0.25) is 0 Å². The minimum atomic E-state index is -0.740. The molecule has 0 amide bonds. The van der Waals surface area contributed by atoms with E-state index in [1.807, 2.05) is 25.1 Å². The van der Waals surface area contributed by atoms with Gasteiger partial charge in [-0.25, -0.2) is 0 Å². The first kappa shape index (κ1) is 20.2. The molecule has 0 aliphatic carbocycles. The number of allylic oxidation sites excluding steroid dienone is 1. The second-order valence-electron chi connectivity index (χ2n) is 7.43. The summed E-state index contributed by atoms with van der Waals surface area (Å²) in [6, 6.07) is 13.0. The molecule has 0 fully saturated rings. The van der Waals surface area contributed by atoms with Crippen molar-refractivity contribution < 1.29 is 14.2 Å². The maximum Gasteiger partial charge on any atom is 0.259 e. The van der Waals surface area contributed by atoms with Crippen LogP contribution >= 0.6 is 15.9 Å². The monoisotopic (exact) mass is 492 g/mol. The van der Waals surface area contributed by atoms with Crippen LogP contribution in [0.15, 0.2) is 63.3 Å². The lowest BCUT2D eigenvalue weighted by molar-refractivity contribution is 0.174. The number of nitrogens with zero attached hydrogens (tertiary/aromatic N) is 3. The molecule has 2 aliphatic rings. The fraction of sp³-hybridized carbons (Fsp3) is 0.174. The van der Waals surface area contributed by atoms with Crippen LogP contribution in [0.1, 0.15) is 28.4 Å². The molecule has 0 unspecified atom stereocenters. The first-order valence-corrected chi connectivity index (χ1v) is 10.6. The Morgan fingerprint density at radius 1 is 1.25 bits per heavy atom. The van der Waals surface area contributed by atoms with Gasteiger partial charge in [-0.1, -0.05) is 22.0 Å². The molecule has 2 aliphatic heterocycles. The molecule has 3 aromatic rings. The number of pyridine rings is 2. The van der Waals surface area contributed by atoms with Gasteiger partial charge in [-0.2, -0.15) is 5.26 Å². The summed E-state index contributed by atoms with van der Waals surface area (Å²) in [7, 11) is 0. The number of aromatic nitrogens is 2. The fourth-order valence-corrected chi connectivity index (χ4v) is 4.55. The highest BCUT2D eigenvalue weighted by Gasteiger charge is 2.36. The minimum Gasteiger partial charge on any atom is -0.454 e. The number of nitriles is 1. The zero-order valence-electron chi connectivity index (χ0n) is 17.0. The van der Waals surface area contributed by atoms with Crippen LogP contribution < -0.4 is 25.5 Å². The minimum absolute atomic E-state index is 0.0316. The van der Waals surface area contributed by atoms with Gasteiger partial charge in [0.1, 0.15) is 17.4 Å². The number of halogens is 1. The molecule has 2 aromatic heterocycles. The Bertz CT molecular complexity index is 1380. The van der Waals surface area contributed by atoms with Crippen LogP contribution in [-0.4, -0.2) is 16.3 Å². The lowest BCUT2D eigenvalue weighted by Crippen LogP contribution is -2.33. The molecule has 8 nitrogen and oxygen atoms in total. The van der Waals surface area contributed by atoms with Crippen LogP contribution in [0.3, 0.4) is 0 Å². The summed E-state index contributed by atoms with van der Waals surface area (Å²) < 4.78 is 19.0. The summed E-state index contributed by atoms with van der Waals surface area (Å²) in [6.45, 7) is 2.21. The topological polar surface area (TPSA) is 112 Å². The van der Waals surface area contributed by atoms with Gasteiger partial charge in [-0.15, -0.1) is 0 Å². The SMILES string of the molecule is Cc1cc2c(c(=O)n1Cc1ccccn1)[C@@H](c1cc3c(cc1Br)OCO3)C(C#N)=C(N)O2. The second kappa shape index (κ2) is 7.73. The summed E-state index contributed by atoms with van der Waals surface area (Å²) in [6.07, 6.45) is 1.68. The lowest BCUT2D eigenvalue weighted by Gasteiger charge is -2.28. The highest BCUT2D eigenvalue weighted by Crippen LogP contribution is 2.46. The zero-order valence-corrected chi connectivity index (χ0v) is 18.5. The molecular weight excluding hydrogens is 476 g/mol. The van der Waals surface area contributed by atoms with Crippen molar-refractivity contribution in [3.63, 3.8) is 0 Å². The Kier molecular flexibility index (Phi) is 4.87. The number of fused-ring (bicyclic) bond motifs is 2. The molecule has 4 heterocycles. The smallest absolute Gasteiger partial charge is 0.259 e. The average Bonchev–Trinajstić information content (AvgIpc) is 3.23. The third kappa shape index (κ3) is 3.20. The quantitative estimate of drug-likeness (QED) is 0.596. The Hall–Kier alpha value is -3.77. The van der Waals surface area contributed by atoms with E-state index in [0.29, 0.717) is 38.5 Å². The van der Waals surface area contributed by atoms with E-state index in [1.165, 1.54) is 0 Å². The molecule has 2 N–H and O–H groups in total. The van der Waals surface area contributed by atoms with Crippen molar-refractivity contribution in [2.24, 2.45) is 5.73 Å². The number of ether oxygens (including phenoxy) is 3. The number of aryl methyl sites for hydroxylation is 1. The Labute approximate surface area is 191 Å². The van der Waals surface area contributed by atoms with Crippen molar-refractivity contribution in [2.75, 3.05) is 6.79 Å². The first-order chi connectivity index (χ1) is 15.5. The fourth-order valence-electron chi connectivity index (χ4n) is 4.00. The molecule has 160 valence electrons. The molecule has 5 rings (SSSR count). The standard InChI is InChI=1S/C23H17BrN4O4/c1-12-6-19-21(23(29)28(12)10-13-4-2-3-5-27-13)20(15(9-25)22(26)32-19)14-7-17-18(8-16(14)24)31-11-30-17/h2-8,20H,10-11,26H2,1H3/t20-/m0/s1. The number of hydrogen-bond donors (Lipinski definition) is 1. The van der Waals surface area contributed by atoms with Crippen molar-refractivity contribution in [3.05, 3.63) is 91.4 Å². The molecule has 0 spiro atoms. The molecule has 1 atom stereocenters. The van der Waals surface area contributed by atoms with Crippen molar-refractivity contribution >= 4 is 15.9 Å². The van der Waals surface area contributed by atoms with Crippen LogP contribution in [-0.2, 0) is 6.54 Å². The largest absolute Gasteiger partial charge is 0.454 e. The molecule has 1 aromatic carbocycles. The molecule has 0 bridgehead atoms. The predicted octanol–water partition coefficient (Wildman–Crippen LogP) is 3.31. The van der Waals surface area contributed by atoms with Crippen molar-refractivity contribution in [1.82, 2.24) is 9.55 Å². The number of hydrogen-bond acceptors (Lipinski definition) is 7. The molecular formula is C23H17BrN4O4. The van der Waals surface area contributed by atoms with E-state index in [0.717, 1.165) is 5.69 Å². The Morgan fingerprint density at radius 2 is 2.03 bits per heavy atom. The van der Waals surface area contributed by atoms with Crippen LogP contribution in [0, 0.1) is 18.3 Å². The Balaban J connectivity index is 1.73. The van der Waals surface area contributed by atoms with E-state index in [2.05, 4.69) is 27.0 Å². The van der Waals surface area contributed by atoms with Gasteiger partial charge in [-0.05, 0) is 36.8 Å². The van der Waals surface area contributed by atoms with E-state index in [-0.39, 0.29) is 30.4 Å². The molecule has 9 heteroatoms. The Morgan fingerprint density at radius 3 is 2.75 bits per heavy atom. The normalized spacial score (nSPS) is 16.3. The molecule has 0 saturated heterocycles. The summed E-state index contributed by atoms with van der Waals surface area (Å²) in [5.74, 6) is 0.676. The van der Waals surface area contributed by atoms with Crippen LogP contribution in [0.4, 0.5) is 0 Å². The third-order valence-corrected chi connectivity index (χ3v) is 6.23. The van der Waals surface area contributed by atoms with E-state index in [4.69, 9.17) is 19.9 Å². The summed E-state index contributed by atoms with van der Waals surface area (Å²) in [5, 5.41) is 9.90. The van der Waals surface area contributed by atoms with Gasteiger partial charge in [0.15, 0.2) is 11.5 Å². The van der Waals surface area contributed by atoms with Crippen LogP contribution in [0.25, 0.3) is 0 Å². The van der Waals surface area contributed by atoms with Gasteiger partial charge in [-0.3, -0.25) is 9.78 Å². The second-order valence-corrected chi connectivity index (χ2v) is 8.28. The first-order valence-electron chi connectivity index (χ1n) is 9.78. The maximum atomic E-state index is 13.7. The molecule has 0 saturated carbocycles. The molecule has 32 heavy (non-hydrogen) atoms. The number of benzene rings is 1. The zero-order chi connectivity index (χ0) is 22.4. The summed E-state index contributed by atoms with van der Waals surface area (Å²) in [5.41, 5.74) is 8.40. The van der Waals surface area contributed by atoms with Gasteiger partial charge < -0.3 is 24.5 Å². The van der Waals surface area contributed by atoms with Crippen molar-refractivity contribution in [2.45, 2.75) is 19.4 Å². The lowest BCUT2D eigenvalue weighted by atomic mass is 9.83. The van der Waals surface area contributed by atoms with Gasteiger partial charge in [0.25, 0.3) is 5.56 Å². The van der Waals surface area contributed by atoms with E-state index in [1.54, 1.807) is 29.0 Å². The summed E-state index contributed by atoms with van der Waals surface area (Å²) in [4.78, 5) is 18.1. The highest BCUT2D eigenvalue weighted by atomic mass is 79.9. The van der Waals surface area contributed by atoms with Gasteiger partial charge in [0.05, 0.1) is 23.7 Å². The van der Waals surface area contributed by atoms with Gasteiger partial charge in [0.2, 0.25) is 12.7 Å². The van der Waals surface area contributed by atoms with Crippen molar-refractivity contribution in [3.8, 4) is 23.3 Å². The number of rotatable bonds is 3. The average molecular weight is 493 g/mol. The maximum absolute atomic E-state index is 13.7. The molecule has 0 radical (unpaired) electrons. The van der Waals surface area contributed by atoms with E-state index < -0.39 is 5.92 Å². The predicted molar refractivity (Wildman–Crippen MR) is 118 cm³/mol. The number of nitrogens with two attached hydrogens (primary N) is 1. The van der Waals surface area contributed by atoms with E-state index in [9.17, 15) is 10.1 Å². The van der Waals surface area contributed by atoms with Crippen LogP contribution in [0.5, 0.6) is 17.2 Å². The highest BCUT2D eigenvalue weighted by molar-refractivity contribution is 9.10. The third-order valence-electron chi connectivity index (χ3n) is 5.54. The summed E-state index contributed by atoms with van der Waals surface area (Å²) >= 11 is 3.56.